The van der Waals surface area contributed by atoms with Gasteiger partial charge in [-0.3, -0.25) is 0 Å². The summed E-state index contributed by atoms with van der Waals surface area (Å²) < 4.78 is 1.80. The molecule has 8 heteroatoms. The van der Waals surface area contributed by atoms with Gasteiger partial charge < -0.3 is 5.32 Å². The Bertz CT molecular complexity index is 938. The molecule has 4 rings (SSSR count). The number of aryl methyl sites for hydroxylation is 2. The molecular weight excluding hydrogens is 316 g/mol. The standard InChI is InChI=1S/C14H14N6S2/c1-7-9(3)22-13-11(7)12(15-5-16-13)18-8(2)10-4-20-14(19-10)21-6-17-20/h4-6,8H,1-3H3,(H,15,16,18)/t8-/m1/s1. The van der Waals surface area contributed by atoms with Crippen molar-refractivity contribution < 1.29 is 0 Å². The molecule has 0 aliphatic heterocycles. The van der Waals surface area contributed by atoms with E-state index in [0.29, 0.717) is 0 Å². The highest BCUT2D eigenvalue weighted by Crippen LogP contribution is 2.33. The van der Waals surface area contributed by atoms with Gasteiger partial charge in [-0.25, -0.2) is 19.5 Å². The molecule has 0 amide bonds. The van der Waals surface area contributed by atoms with E-state index in [1.807, 2.05) is 6.20 Å². The number of nitrogens with zero attached hydrogens (tertiary/aromatic N) is 5. The number of anilines is 1. The van der Waals surface area contributed by atoms with Crippen LogP contribution in [0.4, 0.5) is 5.82 Å². The normalized spacial score (nSPS) is 13.0. The number of hydrogen-bond acceptors (Lipinski definition) is 7. The SMILES string of the molecule is Cc1sc2ncnc(N[C@H](C)c3cn4ncsc4n3)c2c1C. The Morgan fingerprint density at radius 2 is 2.14 bits per heavy atom. The molecule has 6 nitrogen and oxygen atoms in total. The third-order valence-electron chi connectivity index (χ3n) is 3.77. The summed E-state index contributed by atoms with van der Waals surface area (Å²) in [5.41, 5.74) is 3.98. The number of nitrogens with one attached hydrogen (secondary N) is 1. The minimum atomic E-state index is 0.0478. The Kier molecular flexibility index (Phi) is 3.08. The summed E-state index contributed by atoms with van der Waals surface area (Å²) in [6, 6.07) is 0.0478. The summed E-state index contributed by atoms with van der Waals surface area (Å²) in [5, 5.41) is 8.79. The zero-order chi connectivity index (χ0) is 15.3. The molecule has 0 saturated heterocycles. The van der Waals surface area contributed by atoms with Gasteiger partial charge in [-0.1, -0.05) is 11.3 Å². The number of thiophene rings is 1. The van der Waals surface area contributed by atoms with Crippen LogP contribution in [0.3, 0.4) is 0 Å². The maximum atomic E-state index is 4.59. The lowest BCUT2D eigenvalue weighted by atomic mass is 10.2. The third-order valence-corrected chi connectivity index (χ3v) is 5.57. The maximum absolute atomic E-state index is 4.59. The number of rotatable bonds is 3. The lowest BCUT2D eigenvalue weighted by Gasteiger charge is -2.13. The van der Waals surface area contributed by atoms with E-state index in [-0.39, 0.29) is 6.04 Å². The second-order valence-corrected chi connectivity index (χ2v) is 7.20. The molecule has 112 valence electrons. The Labute approximate surface area is 134 Å². The Hall–Kier alpha value is -2.06. The summed E-state index contributed by atoms with van der Waals surface area (Å²) in [7, 11) is 0. The molecule has 4 heterocycles. The average Bonchev–Trinajstić information content (AvgIpc) is 3.14. The number of imidazole rings is 1. The second-order valence-electron chi connectivity index (χ2n) is 5.18. The summed E-state index contributed by atoms with van der Waals surface area (Å²) in [6.07, 6.45) is 3.56. The van der Waals surface area contributed by atoms with E-state index in [2.05, 4.69) is 46.1 Å². The van der Waals surface area contributed by atoms with Crippen LogP contribution >= 0.6 is 22.7 Å². The summed E-state index contributed by atoms with van der Waals surface area (Å²) in [4.78, 5) is 16.6. The fourth-order valence-corrected chi connectivity index (χ4v) is 4.04. The van der Waals surface area contributed by atoms with Gasteiger partial charge in [-0.05, 0) is 26.3 Å². The maximum Gasteiger partial charge on any atom is 0.212 e. The van der Waals surface area contributed by atoms with Crippen molar-refractivity contribution in [1.82, 2.24) is 24.6 Å². The molecule has 0 fully saturated rings. The number of hydrogen-bond donors (Lipinski definition) is 1. The highest BCUT2D eigenvalue weighted by molar-refractivity contribution is 7.18. The van der Waals surface area contributed by atoms with Crippen molar-refractivity contribution in [1.29, 1.82) is 0 Å². The van der Waals surface area contributed by atoms with E-state index in [1.165, 1.54) is 21.8 Å². The summed E-state index contributed by atoms with van der Waals surface area (Å²) >= 11 is 3.23. The molecule has 0 radical (unpaired) electrons. The molecule has 4 aromatic rings. The molecule has 0 saturated carbocycles. The minimum absolute atomic E-state index is 0.0478. The van der Waals surface area contributed by atoms with Crippen molar-refractivity contribution >= 4 is 43.7 Å². The van der Waals surface area contributed by atoms with Gasteiger partial charge in [0.15, 0.2) is 0 Å². The van der Waals surface area contributed by atoms with Gasteiger partial charge in [-0.15, -0.1) is 11.3 Å². The van der Waals surface area contributed by atoms with Crippen molar-refractivity contribution in [3.63, 3.8) is 0 Å². The largest absolute Gasteiger partial charge is 0.361 e. The van der Waals surface area contributed by atoms with Crippen LogP contribution in [0.1, 0.15) is 29.1 Å². The van der Waals surface area contributed by atoms with E-state index < -0.39 is 0 Å². The second kappa shape index (κ2) is 4.99. The molecule has 4 aromatic heterocycles. The molecule has 1 atom stereocenters. The minimum Gasteiger partial charge on any atom is -0.361 e. The smallest absolute Gasteiger partial charge is 0.212 e. The van der Waals surface area contributed by atoms with Gasteiger partial charge in [0, 0.05) is 4.88 Å². The fourth-order valence-electron chi connectivity index (χ4n) is 2.44. The van der Waals surface area contributed by atoms with Crippen molar-refractivity contribution in [2.75, 3.05) is 5.32 Å². The van der Waals surface area contributed by atoms with E-state index >= 15 is 0 Å². The van der Waals surface area contributed by atoms with Crippen LogP contribution in [0, 0.1) is 13.8 Å². The predicted octanol–water partition coefficient (Wildman–Crippen LogP) is 3.59. The van der Waals surface area contributed by atoms with E-state index in [0.717, 1.165) is 26.7 Å². The first kappa shape index (κ1) is 13.6. The molecular formula is C14H14N6S2. The van der Waals surface area contributed by atoms with Crippen LogP contribution in [0.2, 0.25) is 0 Å². The van der Waals surface area contributed by atoms with Crippen LogP contribution in [-0.4, -0.2) is 24.6 Å². The molecule has 0 aliphatic rings. The summed E-state index contributed by atoms with van der Waals surface area (Å²) in [5.74, 6) is 0.865. The zero-order valence-electron chi connectivity index (χ0n) is 12.4. The van der Waals surface area contributed by atoms with Gasteiger partial charge in [0.25, 0.3) is 0 Å². The molecule has 0 unspecified atom stereocenters. The van der Waals surface area contributed by atoms with Gasteiger partial charge in [0.05, 0.1) is 23.3 Å². The topological polar surface area (TPSA) is 68.0 Å². The molecule has 0 bridgehead atoms. The van der Waals surface area contributed by atoms with Crippen LogP contribution in [0.5, 0.6) is 0 Å². The summed E-state index contributed by atoms with van der Waals surface area (Å²) in [6.45, 7) is 6.31. The highest BCUT2D eigenvalue weighted by Gasteiger charge is 2.16. The van der Waals surface area contributed by atoms with Gasteiger partial charge in [-0.2, -0.15) is 5.10 Å². The molecule has 0 spiro atoms. The van der Waals surface area contributed by atoms with Crippen molar-refractivity contribution in [2.24, 2.45) is 0 Å². The predicted molar refractivity (Wildman–Crippen MR) is 89.8 cm³/mol. The Balaban J connectivity index is 1.72. The molecule has 0 aliphatic carbocycles. The van der Waals surface area contributed by atoms with E-state index in [1.54, 1.807) is 27.7 Å². The van der Waals surface area contributed by atoms with Crippen molar-refractivity contribution in [2.45, 2.75) is 26.8 Å². The molecule has 22 heavy (non-hydrogen) atoms. The number of aromatic nitrogens is 5. The highest BCUT2D eigenvalue weighted by atomic mass is 32.1. The first-order valence-corrected chi connectivity index (χ1v) is 8.59. The van der Waals surface area contributed by atoms with Crippen molar-refractivity contribution in [3.05, 3.63) is 34.2 Å². The Morgan fingerprint density at radius 3 is 2.95 bits per heavy atom. The Morgan fingerprint density at radius 1 is 1.27 bits per heavy atom. The van der Waals surface area contributed by atoms with Gasteiger partial charge in [0.2, 0.25) is 4.96 Å². The lowest BCUT2D eigenvalue weighted by molar-refractivity contribution is 0.839. The van der Waals surface area contributed by atoms with Gasteiger partial charge in [0.1, 0.15) is 22.5 Å². The number of fused-ring (bicyclic) bond motifs is 2. The molecule has 0 aromatic carbocycles. The van der Waals surface area contributed by atoms with Crippen LogP contribution < -0.4 is 5.32 Å². The first-order chi connectivity index (χ1) is 10.6. The quantitative estimate of drug-likeness (QED) is 0.622. The average molecular weight is 330 g/mol. The van der Waals surface area contributed by atoms with E-state index in [4.69, 9.17) is 0 Å². The van der Waals surface area contributed by atoms with Crippen LogP contribution in [0.15, 0.2) is 18.0 Å². The first-order valence-electron chi connectivity index (χ1n) is 6.89. The zero-order valence-corrected chi connectivity index (χ0v) is 14.0. The monoisotopic (exact) mass is 330 g/mol. The lowest BCUT2D eigenvalue weighted by Crippen LogP contribution is -2.09. The molecule has 1 N–H and O–H groups in total. The fraction of sp³-hybridized carbons (Fsp3) is 0.286. The van der Waals surface area contributed by atoms with Gasteiger partial charge >= 0.3 is 0 Å². The van der Waals surface area contributed by atoms with Crippen LogP contribution in [0.25, 0.3) is 15.2 Å². The van der Waals surface area contributed by atoms with Crippen molar-refractivity contribution in [3.8, 4) is 0 Å². The third kappa shape index (κ3) is 2.06. The van der Waals surface area contributed by atoms with Crippen LogP contribution in [-0.2, 0) is 0 Å². The van der Waals surface area contributed by atoms with E-state index in [9.17, 15) is 0 Å².